The average Bonchev–Trinajstić information content (AvgIpc) is 3.06. The van der Waals surface area contributed by atoms with Crippen LogP contribution in [0.15, 0.2) is 18.2 Å². The van der Waals surface area contributed by atoms with E-state index >= 15 is 0 Å². The van der Waals surface area contributed by atoms with Crippen molar-refractivity contribution in [1.82, 2.24) is 15.1 Å². The maximum Gasteiger partial charge on any atom is 0.262 e. The Labute approximate surface area is 217 Å². The molecule has 10 nitrogen and oxygen atoms in total. The highest BCUT2D eigenvalue weighted by atomic mass is 35.5. The normalized spacial score (nSPS) is 20.3. The maximum absolute atomic E-state index is 13.0. The van der Waals surface area contributed by atoms with Gasteiger partial charge in [-0.15, -0.1) is 24.8 Å². The Kier molecular flexibility index (Phi) is 10.9. The minimum atomic E-state index is -0.943. The van der Waals surface area contributed by atoms with Crippen molar-refractivity contribution in [2.75, 3.05) is 57.4 Å². The second-order valence-electron chi connectivity index (χ2n) is 8.61. The first-order valence-electron chi connectivity index (χ1n) is 11.6. The number of imide groups is 2. The van der Waals surface area contributed by atoms with Gasteiger partial charge in [0.15, 0.2) is 0 Å². The SMILES string of the molecule is Cl.Cl.NCCCOCCCN1CCN(c2ccc3c(c2)C(=O)N(C2CCC(=O)NC2=O)C3=O)CC1. The van der Waals surface area contributed by atoms with Crippen molar-refractivity contribution in [2.45, 2.75) is 31.7 Å². The molecule has 35 heavy (non-hydrogen) atoms. The van der Waals surface area contributed by atoms with Gasteiger partial charge in [0.25, 0.3) is 11.8 Å². The fourth-order valence-corrected chi connectivity index (χ4v) is 4.56. The number of halogens is 2. The summed E-state index contributed by atoms with van der Waals surface area (Å²) in [6.07, 6.45) is 2.14. The van der Waals surface area contributed by atoms with Crippen LogP contribution >= 0.6 is 24.8 Å². The lowest BCUT2D eigenvalue weighted by molar-refractivity contribution is -0.136. The summed E-state index contributed by atoms with van der Waals surface area (Å²) in [4.78, 5) is 55.1. The summed E-state index contributed by atoms with van der Waals surface area (Å²) < 4.78 is 5.56. The number of carbonyl (C=O) groups excluding carboxylic acids is 4. The summed E-state index contributed by atoms with van der Waals surface area (Å²) in [5, 5.41) is 2.22. The fraction of sp³-hybridized carbons (Fsp3) is 0.565. The topological polar surface area (TPSA) is 125 Å². The van der Waals surface area contributed by atoms with Crippen LogP contribution in [0.5, 0.6) is 0 Å². The lowest BCUT2D eigenvalue weighted by Gasteiger charge is -2.36. The van der Waals surface area contributed by atoms with E-state index in [1.54, 1.807) is 12.1 Å². The number of nitrogens with one attached hydrogen (secondary N) is 1. The summed E-state index contributed by atoms with van der Waals surface area (Å²) >= 11 is 0. The number of benzene rings is 1. The first kappa shape index (κ1) is 29.0. The second-order valence-corrected chi connectivity index (χ2v) is 8.61. The molecule has 3 heterocycles. The highest BCUT2D eigenvalue weighted by Crippen LogP contribution is 2.31. The van der Waals surface area contributed by atoms with Gasteiger partial charge in [-0.05, 0) is 44.0 Å². The van der Waals surface area contributed by atoms with E-state index < -0.39 is 23.8 Å². The van der Waals surface area contributed by atoms with E-state index in [9.17, 15) is 19.2 Å². The van der Waals surface area contributed by atoms with E-state index in [4.69, 9.17) is 10.5 Å². The summed E-state index contributed by atoms with van der Waals surface area (Å²) in [6.45, 7) is 6.56. The van der Waals surface area contributed by atoms with Gasteiger partial charge in [-0.25, -0.2) is 0 Å². The number of ether oxygens (including phenoxy) is 1. The van der Waals surface area contributed by atoms with Crippen LogP contribution in [-0.2, 0) is 14.3 Å². The molecule has 2 saturated heterocycles. The smallest absolute Gasteiger partial charge is 0.262 e. The number of piperidine rings is 1. The minimum absolute atomic E-state index is 0. The number of rotatable bonds is 9. The third kappa shape index (κ3) is 6.50. The van der Waals surface area contributed by atoms with Crippen LogP contribution in [0.4, 0.5) is 5.69 Å². The predicted molar refractivity (Wildman–Crippen MR) is 135 cm³/mol. The molecule has 0 saturated carbocycles. The molecule has 1 unspecified atom stereocenters. The Hall–Kier alpha value is -2.24. The third-order valence-corrected chi connectivity index (χ3v) is 6.42. The summed E-state index contributed by atoms with van der Waals surface area (Å²) in [7, 11) is 0. The molecule has 0 spiro atoms. The van der Waals surface area contributed by atoms with Crippen LogP contribution in [0.3, 0.4) is 0 Å². The maximum atomic E-state index is 13.0. The zero-order chi connectivity index (χ0) is 23.4. The number of fused-ring (bicyclic) bond motifs is 1. The van der Waals surface area contributed by atoms with Crippen molar-refractivity contribution < 1.29 is 23.9 Å². The van der Waals surface area contributed by atoms with Crippen molar-refractivity contribution in [2.24, 2.45) is 5.73 Å². The Morgan fingerprint density at radius 2 is 1.63 bits per heavy atom. The monoisotopic (exact) mass is 529 g/mol. The summed E-state index contributed by atoms with van der Waals surface area (Å²) in [5.74, 6) is -1.93. The van der Waals surface area contributed by atoms with Gasteiger partial charge in [-0.3, -0.25) is 34.3 Å². The third-order valence-electron chi connectivity index (χ3n) is 6.42. The van der Waals surface area contributed by atoms with Gasteiger partial charge < -0.3 is 15.4 Å². The number of nitrogens with zero attached hydrogens (tertiary/aromatic N) is 3. The van der Waals surface area contributed by atoms with Crippen molar-refractivity contribution in [3.05, 3.63) is 29.3 Å². The fourth-order valence-electron chi connectivity index (χ4n) is 4.56. The van der Waals surface area contributed by atoms with Gasteiger partial charge in [0.05, 0.1) is 11.1 Å². The van der Waals surface area contributed by atoms with Crippen LogP contribution in [0, 0.1) is 0 Å². The van der Waals surface area contributed by atoms with E-state index in [-0.39, 0.29) is 43.6 Å². The van der Waals surface area contributed by atoms with Gasteiger partial charge in [0.1, 0.15) is 6.04 Å². The number of anilines is 1. The summed E-state index contributed by atoms with van der Waals surface area (Å²) in [5.41, 5.74) is 6.98. The number of carbonyl (C=O) groups is 4. The van der Waals surface area contributed by atoms with Gasteiger partial charge in [0.2, 0.25) is 11.8 Å². The molecule has 12 heteroatoms. The Bertz CT molecular complexity index is 939. The second kappa shape index (κ2) is 13.2. The van der Waals surface area contributed by atoms with Crippen LogP contribution < -0.4 is 16.0 Å². The standard InChI is InChI=1S/C23H31N5O5.2ClH/c24-7-1-13-33-14-2-8-26-9-11-27(12-10-26)16-3-4-17-18(15-16)23(32)28(22(17)31)19-5-6-20(29)25-21(19)30;;/h3-4,15,19H,1-2,5-14,24H2,(H,25,29,30);2*1H. The van der Waals surface area contributed by atoms with Crippen LogP contribution in [-0.4, -0.2) is 92.0 Å². The minimum Gasteiger partial charge on any atom is -0.381 e. The number of hydrogen-bond donors (Lipinski definition) is 2. The molecule has 1 aromatic rings. The Morgan fingerprint density at radius 3 is 2.31 bits per heavy atom. The lowest BCUT2D eigenvalue weighted by Crippen LogP contribution is -2.54. The van der Waals surface area contributed by atoms with E-state index in [0.29, 0.717) is 24.3 Å². The molecule has 1 aromatic carbocycles. The number of nitrogens with two attached hydrogens (primary N) is 1. The molecule has 4 rings (SSSR count). The van der Waals surface area contributed by atoms with Crippen LogP contribution in [0.25, 0.3) is 0 Å². The quantitative estimate of drug-likeness (QED) is 0.355. The van der Waals surface area contributed by atoms with Gasteiger partial charge in [-0.1, -0.05) is 0 Å². The molecule has 0 bridgehead atoms. The van der Waals surface area contributed by atoms with E-state index in [1.165, 1.54) is 0 Å². The molecular formula is C23H33Cl2N5O5. The largest absolute Gasteiger partial charge is 0.381 e. The van der Waals surface area contributed by atoms with E-state index in [0.717, 1.165) is 62.8 Å². The molecule has 3 N–H and O–H groups in total. The van der Waals surface area contributed by atoms with Crippen molar-refractivity contribution in [3.63, 3.8) is 0 Å². The van der Waals surface area contributed by atoms with E-state index in [1.807, 2.05) is 6.07 Å². The van der Waals surface area contributed by atoms with Crippen molar-refractivity contribution in [3.8, 4) is 0 Å². The zero-order valence-electron chi connectivity index (χ0n) is 19.6. The van der Waals surface area contributed by atoms with E-state index in [2.05, 4.69) is 15.1 Å². The zero-order valence-corrected chi connectivity index (χ0v) is 21.2. The number of amides is 4. The molecule has 4 amide bonds. The van der Waals surface area contributed by atoms with Crippen molar-refractivity contribution >= 4 is 54.1 Å². The molecule has 3 aliphatic rings. The lowest BCUT2D eigenvalue weighted by atomic mass is 10.0. The first-order valence-corrected chi connectivity index (χ1v) is 11.6. The first-order chi connectivity index (χ1) is 16.0. The molecule has 0 aromatic heterocycles. The Balaban J connectivity index is 0.00000216. The van der Waals surface area contributed by atoms with Crippen molar-refractivity contribution in [1.29, 1.82) is 0 Å². The Morgan fingerprint density at radius 1 is 0.943 bits per heavy atom. The average molecular weight is 530 g/mol. The molecular weight excluding hydrogens is 497 g/mol. The molecule has 0 aliphatic carbocycles. The molecule has 1 atom stereocenters. The molecule has 0 radical (unpaired) electrons. The summed E-state index contributed by atoms with van der Waals surface area (Å²) in [6, 6.07) is 4.34. The van der Waals surface area contributed by atoms with Crippen LogP contribution in [0.1, 0.15) is 46.4 Å². The molecule has 3 aliphatic heterocycles. The number of piperazine rings is 1. The predicted octanol–water partition coefficient (Wildman–Crippen LogP) is 0.809. The van der Waals surface area contributed by atoms with Gasteiger partial charge in [-0.2, -0.15) is 0 Å². The molecule has 194 valence electrons. The van der Waals surface area contributed by atoms with Gasteiger partial charge in [0, 0.05) is 58.0 Å². The highest BCUT2D eigenvalue weighted by Gasteiger charge is 2.44. The number of hydrogen-bond acceptors (Lipinski definition) is 8. The van der Waals surface area contributed by atoms with Crippen LogP contribution in [0.2, 0.25) is 0 Å². The highest BCUT2D eigenvalue weighted by molar-refractivity contribution is 6.23. The van der Waals surface area contributed by atoms with Gasteiger partial charge >= 0.3 is 0 Å². The molecule has 2 fully saturated rings.